The van der Waals surface area contributed by atoms with E-state index < -0.39 is 11.0 Å². The number of aliphatic hydroxyl groups is 2. The summed E-state index contributed by atoms with van der Waals surface area (Å²) >= 11 is 0. The monoisotopic (exact) mass is 251 g/mol. The average Bonchev–Trinajstić information content (AvgIpc) is 2.68. The highest BCUT2D eigenvalue weighted by molar-refractivity contribution is 5.78. The van der Waals surface area contributed by atoms with Gasteiger partial charge in [0.1, 0.15) is 11.9 Å². The molecule has 0 amide bonds. The molecular formula is C11H13N3O4. The van der Waals surface area contributed by atoms with Gasteiger partial charge in [0, 0.05) is 18.7 Å². The Morgan fingerprint density at radius 2 is 2.28 bits per heavy atom. The SMILES string of the molecule is C[C@@H](O)c1nc2cc([N+](=O)[O-])ccc2n1CCO. The number of fused-ring (bicyclic) bond motifs is 1. The van der Waals surface area contributed by atoms with Gasteiger partial charge in [0.05, 0.1) is 22.6 Å². The van der Waals surface area contributed by atoms with Crippen molar-refractivity contribution in [1.29, 1.82) is 0 Å². The molecule has 2 N–H and O–H groups in total. The van der Waals surface area contributed by atoms with Crippen LogP contribution in [0.1, 0.15) is 18.9 Å². The molecule has 1 heterocycles. The number of nitro benzene ring substituents is 1. The van der Waals surface area contributed by atoms with E-state index in [-0.39, 0.29) is 18.8 Å². The van der Waals surface area contributed by atoms with Gasteiger partial charge in [0.15, 0.2) is 0 Å². The van der Waals surface area contributed by atoms with Crippen LogP contribution in [0.4, 0.5) is 5.69 Å². The molecule has 1 aromatic heterocycles. The zero-order valence-corrected chi connectivity index (χ0v) is 9.78. The molecule has 7 nitrogen and oxygen atoms in total. The zero-order chi connectivity index (χ0) is 13.3. The van der Waals surface area contributed by atoms with Crippen LogP contribution in [0.15, 0.2) is 18.2 Å². The number of non-ortho nitro benzene ring substituents is 1. The summed E-state index contributed by atoms with van der Waals surface area (Å²) in [5.74, 6) is 0.388. The number of hydrogen-bond donors (Lipinski definition) is 2. The van der Waals surface area contributed by atoms with E-state index in [0.717, 1.165) is 0 Å². The highest BCUT2D eigenvalue weighted by atomic mass is 16.6. The third-order valence-electron chi connectivity index (χ3n) is 2.67. The highest BCUT2D eigenvalue weighted by Gasteiger charge is 2.16. The fraction of sp³-hybridized carbons (Fsp3) is 0.364. The molecule has 0 aliphatic rings. The largest absolute Gasteiger partial charge is 0.395 e. The Kier molecular flexibility index (Phi) is 3.26. The first-order valence-corrected chi connectivity index (χ1v) is 5.48. The van der Waals surface area contributed by atoms with Crippen LogP contribution >= 0.6 is 0 Å². The molecule has 0 bridgehead atoms. The third-order valence-corrected chi connectivity index (χ3v) is 2.67. The first kappa shape index (κ1) is 12.5. The van der Waals surface area contributed by atoms with Crippen LogP contribution in [-0.2, 0) is 6.54 Å². The maximum absolute atomic E-state index is 10.7. The molecule has 0 unspecified atom stereocenters. The molecule has 0 aliphatic carbocycles. The van der Waals surface area contributed by atoms with Crippen molar-refractivity contribution >= 4 is 16.7 Å². The zero-order valence-electron chi connectivity index (χ0n) is 9.78. The van der Waals surface area contributed by atoms with Crippen LogP contribution in [0, 0.1) is 10.1 Å². The standard InChI is InChI=1S/C11H13N3O4/c1-7(16)11-12-9-6-8(14(17)18)2-3-10(9)13(11)4-5-15/h2-3,6-7,15-16H,4-5H2,1H3/t7-/m1/s1. The Morgan fingerprint density at radius 3 is 2.83 bits per heavy atom. The van der Waals surface area contributed by atoms with Crippen LogP contribution < -0.4 is 0 Å². The van der Waals surface area contributed by atoms with E-state index >= 15 is 0 Å². The van der Waals surface area contributed by atoms with Gasteiger partial charge in [-0.1, -0.05) is 0 Å². The van der Waals surface area contributed by atoms with Crippen molar-refractivity contribution < 1.29 is 15.1 Å². The summed E-state index contributed by atoms with van der Waals surface area (Å²) in [6.45, 7) is 1.75. The van der Waals surface area contributed by atoms with Gasteiger partial charge in [-0.05, 0) is 13.0 Å². The van der Waals surface area contributed by atoms with E-state index in [2.05, 4.69) is 4.98 Å². The summed E-state index contributed by atoms with van der Waals surface area (Å²) in [6, 6.07) is 4.31. The summed E-state index contributed by atoms with van der Waals surface area (Å²) in [5, 5.41) is 29.3. The van der Waals surface area contributed by atoms with Crippen molar-refractivity contribution in [3.8, 4) is 0 Å². The summed E-state index contributed by atoms with van der Waals surface area (Å²) in [4.78, 5) is 14.4. The number of aromatic nitrogens is 2. The number of hydrogen-bond acceptors (Lipinski definition) is 5. The van der Waals surface area contributed by atoms with Crippen molar-refractivity contribution in [2.45, 2.75) is 19.6 Å². The molecule has 7 heteroatoms. The minimum atomic E-state index is -0.803. The van der Waals surface area contributed by atoms with E-state index in [0.29, 0.717) is 16.9 Å². The van der Waals surface area contributed by atoms with Gasteiger partial charge in [-0.2, -0.15) is 0 Å². The maximum Gasteiger partial charge on any atom is 0.271 e. The summed E-state index contributed by atoms with van der Waals surface area (Å²) in [5.41, 5.74) is 1.05. The molecule has 0 saturated carbocycles. The Morgan fingerprint density at radius 1 is 1.56 bits per heavy atom. The van der Waals surface area contributed by atoms with Gasteiger partial charge in [0.2, 0.25) is 0 Å². The molecule has 0 radical (unpaired) electrons. The lowest BCUT2D eigenvalue weighted by Crippen LogP contribution is -2.09. The number of nitrogens with zero attached hydrogens (tertiary/aromatic N) is 3. The Balaban J connectivity index is 2.64. The van der Waals surface area contributed by atoms with E-state index in [1.807, 2.05) is 0 Å². The number of aliphatic hydroxyl groups excluding tert-OH is 2. The van der Waals surface area contributed by atoms with Crippen molar-refractivity contribution in [2.24, 2.45) is 0 Å². The number of rotatable bonds is 4. The molecule has 1 atom stereocenters. The topological polar surface area (TPSA) is 101 Å². The second-order valence-electron chi connectivity index (χ2n) is 3.95. The van der Waals surface area contributed by atoms with E-state index in [4.69, 9.17) is 5.11 Å². The normalized spacial score (nSPS) is 12.8. The highest BCUT2D eigenvalue weighted by Crippen LogP contribution is 2.24. The van der Waals surface area contributed by atoms with Crippen molar-refractivity contribution in [1.82, 2.24) is 9.55 Å². The lowest BCUT2D eigenvalue weighted by Gasteiger charge is -2.08. The Labute approximate surface area is 102 Å². The summed E-state index contributed by atoms with van der Waals surface area (Å²) < 4.78 is 1.66. The Hall–Kier alpha value is -1.99. The molecule has 2 aromatic rings. The number of nitro groups is 1. The quantitative estimate of drug-likeness (QED) is 0.623. The predicted molar refractivity (Wildman–Crippen MR) is 64.1 cm³/mol. The molecule has 18 heavy (non-hydrogen) atoms. The minimum Gasteiger partial charge on any atom is -0.395 e. The van der Waals surface area contributed by atoms with Gasteiger partial charge < -0.3 is 14.8 Å². The molecule has 0 saturated heterocycles. The lowest BCUT2D eigenvalue weighted by atomic mass is 10.3. The second-order valence-corrected chi connectivity index (χ2v) is 3.95. The van der Waals surface area contributed by atoms with Crippen molar-refractivity contribution in [2.75, 3.05) is 6.61 Å². The lowest BCUT2D eigenvalue weighted by molar-refractivity contribution is -0.384. The van der Waals surface area contributed by atoms with Crippen molar-refractivity contribution in [3.05, 3.63) is 34.1 Å². The molecule has 0 aliphatic heterocycles. The van der Waals surface area contributed by atoms with Crippen molar-refractivity contribution in [3.63, 3.8) is 0 Å². The van der Waals surface area contributed by atoms with Crippen LogP contribution in [0.25, 0.3) is 11.0 Å². The number of benzene rings is 1. The fourth-order valence-corrected chi connectivity index (χ4v) is 1.90. The van der Waals surface area contributed by atoms with Crippen LogP contribution in [0.2, 0.25) is 0 Å². The average molecular weight is 251 g/mol. The molecular weight excluding hydrogens is 238 g/mol. The minimum absolute atomic E-state index is 0.0479. The molecule has 0 spiro atoms. The first-order valence-electron chi connectivity index (χ1n) is 5.48. The first-order chi connectivity index (χ1) is 8.54. The predicted octanol–water partition coefficient (Wildman–Crippen LogP) is 0.990. The smallest absolute Gasteiger partial charge is 0.271 e. The molecule has 96 valence electrons. The van der Waals surface area contributed by atoms with Crippen LogP contribution in [0.3, 0.4) is 0 Å². The summed E-state index contributed by atoms with van der Waals surface area (Å²) in [7, 11) is 0. The molecule has 0 fully saturated rings. The summed E-state index contributed by atoms with van der Waals surface area (Å²) in [6.07, 6.45) is -0.803. The van der Waals surface area contributed by atoms with Gasteiger partial charge in [-0.25, -0.2) is 4.98 Å². The van der Waals surface area contributed by atoms with Crippen LogP contribution in [-0.4, -0.2) is 31.3 Å². The fourth-order valence-electron chi connectivity index (χ4n) is 1.90. The molecule has 1 aromatic carbocycles. The van der Waals surface area contributed by atoms with E-state index in [1.54, 1.807) is 17.6 Å². The van der Waals surface area contributed by atoms with Crippen LogP contribution in [0.5, 0.6) is 0 Å². The molecule has 2 rings (SSSR count). The van der Waals surface area contributed by atoms with E-state index in [9.17, 15) is 15.2 Å². The Bertz CT molecular complexity index is 591. The third kappa shape index (κ3) is 2.05. The van der Waals surface area contributed by atoms with Gasteiger partial charge >= 0.3 is 0 Å². The number of imidazole rings is 1. The van der Waals surface area contributed by atoms with Gasteiger partial charge in [-0.3, -0.25) is 10.1 Å². The van der Waals surface area contributed by atoms with Gasteiger partial charge in [0.25, 0.3) is 5.69 Å². The second kappa shape index (κ2) is 4.71. The van der Waals surface area contributed by atoms with Gasteiger partial charge in [-0.15, -0.1) is 0 Å². The maximum atomic E-state index is 10.7. The van der Waals surface area contributed by atoms with E-state index in [1.165, 1.54) is 12.1 Å².